The van der Waals surface area contributed by atoms with Gasteiger partial charge in [-0.25, -0.2) is 19.6 Å². The minimum atomic E-state index is -0.691. The van der Waals surface area contributed by atoms with Crippen LogP contribution in [-0.4, -0.2) is 93.1 Å². The summed E-state index contributed by atoms with van der Waals surface area (Å²) in [4.78, 5) is 70.7. The van der Waals surface area contributed by atoms with Gasteiger partial charge in [0.25, 0.3) is 0 Å². The summed E-state index contributed by atoms with van der Waals surface area (Å²) in [6.07, 6.45) is 10.8. The molecule has 286 valence electrons. The number of ether oxygens (including phenoxy) is 2. The second kappa shape index (κ2) is 16.6. The Morgan fingerprint density at radius 2 is 1.48 bits per heavy atom. The lowest BCUT2D eigenvalue weighted by atomic mass is 9.93. The van der Waals surface area contributed by atoms with Gasteiger partial charge in [0.15, 0.2) is 0 Å². The zero-order valence-corrected chi connectivity index (χ0v) is 31.8. The first kappa shape index (κ1) is 38.2. The molecule has 0 bridgehead atoms. The molecule has 1 aromatic carbocycles. The second-order valence-electron chi connectivity index (χ2n) is 14.8. The van der Waals surface area contributed by atoms with Crippen LogP contribution in [0.15, 0.2) is 42.6 Å². The highest BCUT2D eigenvalue weighted by molar-refractivity contribution is 5.88. The molecule has 4 amide bonds. The molecule has 0 saturated carbocycles. The molecule has 2 aromatic heterocycles. The number of carbonyl (C=O) groups excluding carboxylic acids is 4. The maximum atomic E-state index is 13.6. The fourth-order valence-electron chi connectivity index (χ4n) is 7.43. The van der Waals surface area contributed by atoms with Crippen LogP contribution < -0.4 is 10.6 Å². The van der Waals surface area contributed by atoms with Crippen molar-refractivity contribution in [3.63, 3.8) is 0 Å². The fraction of sp³-hybridized carbons (Fsp3) is 0.500. The van der Waals surface area contributed by atoms with Crippen molar-refractivity contribution in [1.29, 1.82) is 0 Å². The van der Waals surface area contributed by atoms with Gasteiger partial charge in [-0.3, -0.25) is 9.59 Å². The van der Waals surface area contributed by atoms with E-state index in [2.05, 4.69) is 67.8 Å². The normalized spacial score (nSPS) is 20.7. The van der Waals surface area contributed by atoms with Gasteiger partial charge in [0.05, 0.1) is 43.5 Å². The molecule has 0 radical (unpaired) electrons. The minimum Gasteiger partial charge on any atom is -0.453 e. The third-order valence-corrected chi connectivity index (χ3v) is 10.4. The summed E-state index contributed by atoms with van der Waals surface area (Å²) in [5.74, 6) is 7.52. The molecule has 0 spiro atoms. The van der Waals surface area contributed by atoms with E-state index in [-0.39, 0.29) is 41.7 Å². The number of H-pyrrole nitrogens is 2. The monoisotopic (exact) mass is 738 g/mol. The number of amides is 4. The van der Waals surface area contributed by atoms with Crippen LogP contribution in [0.1, 0.15) is 94.8 Å². The Hall–Kier alpha value is -5.58. The second-order valence-corrected chi connectivity index (χ2v) is 14.8. The van der Waals surface area contributed by atoms with E-state index < -0.39 is 24.3 Å². The Morgan fingerprint density at radius 1 is 0.870 bits per heavy atom. The lowest BCUT2D eigenvalue weighted by Gasteiger charge is -2.29. The number of alkyl carbamates (subject to hydrolysis) is 2. The van der Waals surface area contributed by atoms with E-state index in [0.29, 0.717) is 24.6 Å². The van der Waals surface area contributed by atoms with Crippen LogP contribution in [-0.2, 0) is 19.1 Å². The summed E-state index contributed by atoms with van der Waals surface area (Å²) < 4.78 is 9.50. The van der Waals surface area contributed by atoms with Crippen LogP contribution in [0.4, 0.5) is 9.59 Å². The van der Waals surface area contributed by atoms with E-state index in [0.717, 1.165) is 60.1 Å². The number of imidazole rings is 2. The standard InChI is InChI=1S/C40H50N8O6/c1-23(2)33(45-39(51)53-5)37(49)47-19-7-9-31(47)35-41-22-28(42-35)17-13-25-11-14-26(15-12-25)27-16-18-29-30(21-27)44-36(43-29)32-10-8-20-48(32)38(50)34(24(3)4)46-40(52)54-6/h11,14-16,18,21-25,31-34H,7-10,12,19-20H2,1-6H3,(H,41,42)(H,43,44)(H,45,51)(H,46,52)/t25?,31?,32-,33?,34+/m0/s1. The van der Waals surface area contributed by atoms with Gasteiger partial charge in [-0.05, 0) is 73.1 Å². The lowest BCUT2D eigenvalue weighted by molar-refractivity contribution is -0.136. The lowest BCUT2D eigenvalue weighted by Crippen LogP contribution is -2.51. The molecular weight excluding hydrogens is 688 g/mol. The molecule has 14 nitrogen and oxygen atoms in total. The number of nitrogens with zero attached hydrogens (tertiary/aromatic N) is 4. The first-order valence-electron chi connectivity index (χ1n) is 18.7. The van der Waals surface area contributed by atoms with Gasteiger partial charge >= 0.3 is 12.2 Å². The van der Waals surface area contributed by atoms with Crippen molar-refractivity contribution in [3.05, 3.63) is 65.5 Å². The summed E-state index contributed by atoms with van der Waals surface area (Å²) in [7, 11) is 2.57. The quantitative estimate of drug-likeness (QED) is 0.212. The first-order valence-corrected chi connectivity index (χ1v) is 18.7. The highest BCUT2D eigenvalue weighted by atomic mass is 16.5. The minimum absolute atomic E-state index is 0.0259. The molecule has 2 aliphatic heterocycles. The molecule has 14 heteroatoms. The van der Waals surface area contributed by atoms with Crippen LogP contribution in [0.25, 0.3) is 16.6 Å². The van der Waals surface area contributed by atoms with Crippen LogP contribution in [0.5, 0.6) is 0 Å². The largest absolute Gasteiger partial charge is 0.453 e. The van der Waals surface area contributed by atoms with E-state index >= 15 is 0 Å². The van der Waals surface area contributed by atoms with Gasteiger partial charge in [0.2, 0.25) is 11.8 Å². The highest BCUT2D eigenvalue weighted by Crippen LogP contribution is 2.34. The first-order chi connectivity index (χ1) is 26.0. The average Bonchev–Trinajstić information content (AvgIpc) is 4.00. The van der Waals surface area contributed by atoms with E-state index in [1.165, 1.54) is 14.2 Å². The van der Waals surface area contributed by atoms with Crippen LogP contribution in [0.2, 0.25) is 0 Å². The predicted octanol–water partition coefficient (Wildman–Crippen LogP) is 5.39. The molecule has 2 fully saturated rings. The smallest absolute Gasteiger partial charge is 0.407 e. The van der Waals surface area contributed by atoms with Crippen molar-refractivity contribution in [2.24, 2.45) is 17.8 Å². The zero-order valence-electron chi connectivity index (χ0n) is 31.8. The average molecular weight is 739 g/mol. The van der Waals surface area contributed by atoms with Gasteiger partial charge < -0.3 is 39.9 Å². The summed E-state index contributed by atoms with van der Waals surface area (Å²) in [6.45, 7) is 8.77. The van der Waals surface area contributed by atoms with E-state index in [1.807, 2.05) is 38.7 Å². The Kier molecular flexibility index (Phi) is 11.7. The highest BCUT2D eigenvalue weighted by Gasteiger charge is 2.39. The van der Waals surface area contributed by atoms with E-state index in [1.54, 1.807) is 11.1 Å². The summed E-state index contributed by atoms with van der Waals surface area (Å²) >= 11 is 0. The molecule has 3 aromatic rings. The topological polar surface area (TPSA) is 175 Å². The number of methoxy groups -OCH3 is 2. The Bertz CT molecular complexity index is 2000. The molecule has 54 heavy (non-hydrogen) atoms. The van der Waals surface area contributed by atoms with Crippen LogP contribution in [0, 0.1) is 29.6 Å². The number of allylic oxidation sites excluding steroid dienone is 4. The van der Waals surface area contributed by atoms with Crippen molar-refractivity contribution in [1.82, 2.24) is 40.4 Å². The van der Waals surface area contributed by atoms with Gasteiger partial charge in [-0.15, -0.1) is 0 Å². The third kappa shape index (κ3) is 8.30. The Morgan fingerprint density at radius 3 is 2.04 bits per heavy atom. The number of benzene rings is 1. The van der Waals surface area contributed by atoms with Crippen molar-refractivity contribution in [2.45, 2.75) is 84.0 Å². The summed E-state index contributed by atoms with van der Waals surface area (Å²) in [5, 5.41) is 5.38. The van der Waals surface area contributed by atoms with Crippen molar-refractivity contribution >= 4 is 40.6 Å². The third-order valence-electron chi connectivity index (χ3n) is 10.4. The van der Waals surface area contributed by atoms with Gasteiger partial charge in [-0.2, -0.15) is 0 Å². The molecule has 1 aliphatic carbocycles. The van der Waals surface area contributed by atoms with Gasteiger partial charge in [0.1, 0.15) is 29.4 Å². The summed E-state index contributed by atoms with van der Waals surface area (Å²) in [5.41, 5.74) is 4.55. The maximum Gasteiger partial charge on any atom is 0.407 e. The number of nitrogens with one attached hydrogen (secondary N) is 4. The fourth-order valence-corrected chi connectivity index (χ4v) is 7.43. The number of likely N-dealkylation sites (tertiary alicyclic amines) is 2. The van der Waals surface area contributed by atoms with Gasteiger partial charge in [-0.1, -0.05) is 57.9 Å². The number of aromatic nitrogens is 4. The van der Waals surface area contributed by atoms with E-state index in [9.17, 15) is 19.2 Å². The van der Waals surface area contributed by atoms with Crippen molar-refractivity contribution < 1.29 is 28.7 Å². The number of rotatable bonds is 9. The number of aromatic amines is 2. The number of hydrogen-bond donors (Lipinski definition) is 4. The Labute approximate surface area is 315 Å². The number of carbonyl (C=O) groups is 4. The molecule has 5 atom stereocenters. The number of fused-ring (bicyclic) bond motifs is 1. The van der Waals surface area contributed by atoms with E-state index in [4.69, 9.17) is 14.5 Å². The predicted molar refractivity (Wildman–Crippen MR) is 202 cm³/mol. The SMILES string of the molecule is COC(=O)NC(C(=O)N1CCCC1c1ncc(C#CC2C=CC(c3ccc4nc([C@@H]5CCCN5C(=O)[C@H](NC(=O)OC)C(C)C)[nH]c4c3)=CC2)[nH]1)C(C)C. The van der Waals surface area contributed by atoms with Crippen molar-refractivity contribution in [3.8, 4) is 11.8 Å². The molecule has 4 N–H and O–H groups in total. The molecular formula is C40H50N8O6. The summed E-state index contributed by atoms with van der Waals surface area (Å²) in [6, 6.07) is 4.33. The van der Waals surface area contributed by atoms with Gasteiger partial charge in [0, 0.05) is 19.0 Å². The molecule has 2 saturated heterocycles. The maximum absolute atomic E-state index is 13.6. The van der Waals surface area contributed by atoms with Crippen molar-refractivity contribution in [2.75, 3.05) is 27.3 Å². The molecule has 3 aliphatic rings. The molecule has 3 unspecified atom stereocenters. The van der Waals surface area contributed by atoms with Crippen LogP contribution in [0.3, 0.4) is 0 Å². The number of hydrogen-bond acceptors (Lipinski definition) is 8. The zero-order chi connectivity index (χ0) is 38.5. The Balaban J connectivity index is 1.09. The molecule has 4 heterocycles. The van der Waals surface area contributed by atoms with Crippen LogP contribution >= 0.6 is 0 Å². The molecule has 6 rings (SSSR count).